The number of benzene rings is 1. The van der Waals surface area contributed by atoms with Crippen molar-refractivity contribution in [3.05, 3.63) is 60.6 Å². The predicted molar refractivity (Wildman–Crippen MR) is 114 cm³/mol. The van der Waals surface area contributed by atoms with Gasteiger partial charge in [-0.05, 0) is 55.9 Å². The SMILES string of the molecule is O=C(COc1ccc(F)cc1F)NCC1CCC(C(=O)Nc2ccc3nccn3c2)CC1. The van der Waals surface area contributed by atoms with Gasteiger partial charge in [0.15, 0.2) is 18.2 Å². The highest BCUT2D eigenvalue weighted by atomic mass is 19.1. The lowest BCUT2D eigenvalue weighted by Crippen LogP contribution is -2.35. The van der Waals surface area contributed by atoms with Gasteiger partial charge in [-0.25, -0.2) is 13.8 Å². The fourth-order valence-corrected chi connectivity index (χ4v) is 3.91. The highest BCUT2D eigenvalue weighted by Gasteiger charge is 2.26. The summed E-state index contributed by atoms with van der Waals surface area (Å²) in [5.41, 5.74) is 1.55. The maximum Gasteiger partial charge on any atom is 0.257 e. The van der Waals surface area contributed by atoms with Crippen LogP contribution in [-0.4, -0.2) is 34.4 Å². The van der Waals surface area contributed by atoms with Crippen LogP contribution in [0, 0.1) is 23.5 Å². The zero-order chi connectivity index (χ0) is 22.5. The molecule has 1 saturated carbocycles. The second kappa shape index (κ2) is 9.76. The molecule has 1 aliphatic rings. The molecule has 0 atom stereocenters. The molecule has 0 radical (unpaired) electrons. The molecule has 7 nitrogen and oxygen atoms in total. The van der Waals surface area contributed by atoms with Crippen molar-refractivity contribution in [2.24, 2.45) is 11.8 Å². The molecule has 2 aromatic heterocycles. The number of ether oxygens (including phenoxy) is 1. The van der Waals surface area contributed by atoms with Crippen molar-refractivity contribution in [1.29, 1.82) is 0 Å². The summed E-state index contributed by atoms with van der Waals surface area (Å²) in [4.78, 5) is 28.8. The highest BCUT2D eigenvalue weighted by molar-refractivity contribution is 5.92. The normalized spacial score (nSPS) is 18.3. The van der Waals surface area contributed by atoms with E-state index in [1.165, 1.54) is 0 Å². The monoisotopic (exact) mass is 442 g/mol. The number of amides is 2. The Bertz CT molecular complexity index is 1110. The molecule has 4 rings (SSSR count). The molecule has 168 valence electrons. The van der Waals surface area contributed by atoms with Crippen LogP contribution in [0.2, 0.25) is 0 Å². The van der Waals surface area contributed by atoms with Gasteiger partial charge in [-0.1, -0.05) is 0 Å². The van der Waals surface area contributed by atoms with Gasteiger partial charge in [-0.3, -0.25) is 9.59 Å². The summed E-state index contributed by atoms with van der Waals surface area (Å²) in [7, 11) is 0. The van der Waals surface area contributed by atoms with Crippen LogP contribution in [0.1, 0.15) is 25.7 Å². The minimum absolute atomic E-state index is 0.00155. The van der Waals surface area contributed by atoms with Crippen molar-refractivity contribution >= 4 is 23.1 Å². The molecule has 0 spiro atoms. The lowest BCUT2D eigenvalue weighted by molar-refractivity contribution is -0.124. The molecular weight excluding hydrogens is 418 g/mol. The number of aromatic nitrogens is 2. The zero-order valence-corrected chi connectivity index (χ0v) is 17.4. The summed E-state index contributed by atoms with van der Waals surface area (Å²) in [5.74, 6) is -1.88. The van der Waals surface area contributed by atoms with Crippen molar-refractivity contribution in [2.45, 2.75) is 25.7 Å². The van der Waals surface area contributed by atoms with Gasteiger partial charge in [0.2, 0.25) is 5.91 Å². The van der Waals surface area contributed by atoms with E-state index in [0.717, 1.165) is 49.2 Å². The molecule has 2 N–H and O–H groups in total. The first-order valence-electron chi connectivity index (χ1n) is 10.6. The molecule has 32 heavy (non-hydrogen) atoms. The highest BCUT2D eigenvalue weighted by Crippen LogP contribution is 2.29. The Balaban J connectivity index is 1.17. The summed E-state index contributed by atoms with van der Waals surface area (Å²) in [5, 5.41) is 5.75. The summed E-state index contributed by atoms with van der Waals surface area (Å²) in [6.45, 7) is 0.126. The smallest absolute Gasteiger partial charge is 0.257 e. The van der Waals surface area contributed by atoms with Crippen molar-refractivity contribution in [3.63, 3.8) is 0 Å². The predicted octanol–water partition coefficient (Wildman–Crippen LogP) is 3.55. The summed E-state index contributed by atoms with van der Waals surface area (Å²) in [6, 6.07) is 6.61. The molecular formula is C23H24F2N4O3. The fourth-order valence-electron chi connectivity index (χ4n) is 3.91. The van der Waals surface area contributed by atoms with E-state index in [1.54, 1.807) is 6.20 Å². The van der Waals surface area contributed by atoms with E-state index in [-0.39, 0.29) is 36.0 Å². The van der Waals surface area contributed by atoms with Crippen LogP contribution < -0.4 is 15.4 Å². The molecule has 0 unspecified atom stereocenters. The molecule has 1 aliphatic carbocycles. The molecule has 1 fully saturated rings. The zero-order valence-electron chi connectivity index (χ0n) is 17.4. The van der Waals surface area contributed by atoms with Gasteiger partial charge in [0, 0.05) is 37.1 Å². The lowest BCUT2D eigenvalue weighted by atomic mass is 9.81. The first-order valence-corrected chi connectivity index (χ1v) is 10.6. The molecule has 1 aromatic carbocycles. The number of carbonyl (C=O) groups excluding carboxylic acids is 2. The van der Waals surface area contributed by atoms with E-state index < -0.39 is 11.6 Å². The first kappa shape index (κ1) is 21.7. The van der Waals surface area contributed by atoms with Crippen LogP contribution >= 0.6 is 0 Å². The van der Waals surface area contributed by atoms with E-state index in [9.17, 15) is 18.4 Å². The maximum atomic E-state index is 13.5. The maximum absolute atomic E-state index is 13.5. The second-order valence-corrected chi connectivity index (χ2v) is 7.98. The number of nitrogens with one attached hydrogen (secondary N) is 2. The average Bonchev–Trinajstić information content (AvgIpc) is 3.25. The number of halogens is 2. The van der Waals surface area contributed by atoms with Gasteiger partial charge < -0.3 is 19.8 Å². The van der Waals surface area contributed by atoms with Gasteiger partial charge in [0.1, 0.15) is 11.5 Å². The number of carbonyl (C=O) groups is 2. The van der Waals surface area contributed by atoms with Gasteiger partial charge in [-0.15, -0.1) is 0 Å². The van der Waals surface area contributed by atoms with E-state index in [4.69, 9.17) is 4.74 Å². The standard InChI is InChI=1S/C23H24F2N4O3/c24-17-5-7-20(19(25)11-17)32-14-22(30)27-12-15-1-3-16(4-2-15)23(31)28-18-6-8-21-26-9-10-29(21)13-18/h5-11,13,15-16H,1-4,12,14H2,(H,27,30)(H,28,31). The number of fused-ring (bicyclic) bond motifs is 1. The number of pyridine rings is 1. The number of hydrogen-bond donors (Lipinski definition) is 2. The van der Waals surface area contributed by atoms with Gasteiger partial charge in [0.25, 0.3) is 5.91 Å². The minimum Gasteiger partial charge on any atom is -0.481 e. The van der Waals surface area contributed by atoms with Crippen molar-refractivity contribution in [1.82, 2.24) is 14.7 Å². The minimum atomic E-state index is -0.848. The Morgan fingerprint density at radius 3 is 2.72 bits per heavy atom. The van der Waals surface area contributed by atoms with Crippen molar-refractivity contribution in [2.75, 3.05) is 18.5 Å². The van der Waals surface area contributed by atoms with Crippen molar-refractivity contribution < 1.29 is 23.1 Å². The average molecular weight is 442 g/mol. The lowest BCUT2D eigenvalue weighted by Gasteiger charge is -2.28. The van der Waals surface area contributed by atoms with E-state index in [2.05, 4.69) is 15.6 Å². The molecule has 3 aromatic rings. The largest absolute Gasteiger partial charge is 0.481 e. The molecule has 0 saturated heterocycles. The molecule has 0 bridgehead atoms. The summed E-state index contributed by atoms with van der Waals surface area (Å²) in [6.07, 6.45) is 8.51. The van der Waals surface area contributed by atoms with Gasteiger partial charge in [-0.2, -0.15) is 0 Å². The number of nitrogens with zero attached hydrogens (tertiary/aromatic N) is 2. The molecule has 2 heterocycles. The fraction of sp³-hybridized carbons (Fsp3) is 0.348. The third-order valence-corrected chi connectivity index (χ3v) is 5.71. The van der Waals surface area contributed by atoms with E-state index in [1.807, 2.05) is 28.9 Å². The van der Waals surface area contributed by atoms with Crippen molar-refractivity contribution in [3.8, 4) is 5.75 Å². The quantitative estimate of drug-likeness (QED) is 0.586. The Hall–Kier alpha value is -3.49. The first-order chi connectivity index (χ1) is 15.5. The Morgan fingerprint density at radius 2 is 1.94 bits per heavy atom. The van der Waals surface area contributed by atoms with Gasteiger partial charge in [0.05, 0.1) is 5.69 Å². The second-order valence-electron chi connectivity index (χ2n) is 7.98. The Kier molecular flexibility index (Phi) is 6.63. The summed E-state index contributed by atoms with van der Waals surface area (Å²) < 4.78 is 33.4. The van der Waals surface area contributed by atoms with Crippen LogP contribution in [0.3, 0.4) is 0 Å². The van der Waals surface area contributed by atoms with Crippen LogP contribution in [0.15, 0.2) is 48.9 Å². The Morgan fingerprint density at radius 1 is 1.12 bits per heavy atom. The van der Waals surface area contributed by atoms with E-state index >= 15 is 0 Å². The molecule has 9 heteroatoms. The Labute approximate surface area is 183 Å². The van der Waals surface area contributed by atoms with E-state index in [0.29, 0.717) is 12.6 Å². The molecule has 0 aliphatic heterocycles. The van der Waals surface area contributed by atoms with Crippen LogP contribution in [0.5, 0.6) is 5.75 Å². The van der Waals surface area contributed by atoms with Crippen LogP contribution in [0.4, 0.5) is 14.5 Å². The number of rotatable bonds is 7. The molecule has 2 amide bonds. The third kappa shape index (κ3) is 5.40. The van der Waals surface area contributed by atoms with Gasteiger partial charge >= 0.3 is 0 Å². The number of anilines is 1. The number of imidazole rings is 1. The summed E-state index contributed by atoms with van der Waals surface area (Å²) >= 11 is 0. The van der Waals surface area contributed by atoms with Crippen LogP contribution in [0.25, 0.3) is 5.65 Å². The number of hydrogen-bond acceptors (Lipinski definition) is 4. The third-order valence-electron chi connectivity index (χ3n) is 5.71. The van der Waals surface area contributed by atoms with Crippen LogP contribution in [-0.2, 0) is 9.59 Å². The topological polar surface area (TPSA) is 84.7 Å².